The quantitative estimate of drug-likeness (QED) is 0.807. The molecule has 0 aliphatic carbocycles. The van der Waals surface area contributed by atoms with Crippen molar-refractivity contribution in [3.8, 4) is 5.75 Å². The van der Waals surface area contributed by atoms with Gasteiger partial charge < -0.3 is 24.4 Å². The molecular weight excluding hydrogens is 370 g/mol. The maximum Gasteiger partial charge on any atom is 0.255 e. The highest BCUT2D eigenvalue weighted by atomic mass is 16.5. The number of carbonyl (C=O) groups excluding carboxylic acids is 1. The van der Waals surface area contributed by atoms with Gasteiger partial charge >= 0.3 is 0 Å². The third kappa shape index (κ3) is 5.25. The molecule has 2 aliphatic rings. The van der Waals surface area contributed by atoms with Gasteiger partial charge in [0.25, 0.3) is 5.91 Å². The molecule has 1 aromatic carbocycles. The lowest BCUT2D eigenvalue weighted by Gasteiger charge is -2.27. The summed E-state index contributed by atoms with van der Waals surface area (Å²) in [4.78, 5) is 19.4. The van der Waals surface area contributed by atoms with Gasteiger partial charge in [-0.15, -0.1) is 0 Å². The minimum absolute atomic E-state index is 0.115. The number of para-hydroxylation sites is 2. The maximum atomic E-state index is 12.8. The van der Waals surface area contributed by atoms with E-state index in [4.69, 9.17) is 14.2 Å². The molecule has 1 aromatic heterocycles. The van der Waals surface area contributed by atoms with Crippen molar-refractivity contribution in [1.82, 2.24) is 4.98 Å². The van der Waals surface area contributed by atoms with Gasteiger partial charge in [0.1, 0.15) is 18.2 Å². The summed E-state index contributed by atoms with van der Waals surface area (Å²) in [5, 5.41) is 2.97. The molecule has 2 aromatic rings. The topological polar surface area (TPSA) is 72.9 Å². The molecule has 0 saturated carbocycles. The molecule has 7 nitrogen and oxygen atoms in total. The minimum atomic E-state index is -0.188. The number of nitrogens with one attached hydrogen (secondary N) is 1. The lowest BCUT2D eigenvalue weighted by atomic mass is 10.1. The Labute approximate surface area is 171 Å². The summed E-state index contributed by atoms with van der Waals surface area (Å²) in [5.74, 6) is 1.25. The molecule has 4 rings (SSSR count). The number of nitrogens with zero attached hydrogens (tertiary/aromatic N) is 2. The van der Waals surface area contributed by atoms with Crippen LogP contribution in [0.25, 0.3) is 0 Å². The zero-order valence-electron chi connectivity index (χ0n) is 16.5. The first kappa shape index (κ1) is 19.7. The van der Waals surface area contributed by atoms with Crippen LogP contribution < -0.4 is 15.0 Å². The van der Waals surface area contributed by atoms with Crippen LogP contribution in [-0.2, 0) is 9.47 Å². The molecule has 1 N–H and O–H groups in total. The summed E-state index contributed by atoms with van der Waals surface area (Å²) in [5.41, 5.74) is 1.21. The van der Waals surface area contributed by atoms with Crippen LogP contribution >= 0.6 is 0 Å². The van der Waals surface area contributed by atoms with E-state index in [2.05, 4.69) is 15.2 Å². The predicted molar refractivity (Wildman–Crippen MR) is 111 cm³/mol. The fourth-order valence-electron chi connectivity index (χ4n) is 3.54. The molecule has 0 spiro atoms. The number of amides is 1. The van der Waals surface area contributed by atoms with E-state index in [9.17, 15) is 4.79 Å². The first-order valence-electron chi connectivity index (χ1n) is 10.2. The Morgan fingerprint density at radius 2 is 2.03 bits per heavy atom. The van der Waals surface area contributed by atoms with E-state index in [1.165, 1.54) is 6.42 Å². The van der Waals surface area contributed by atoms with Crippen molar-refractivity contribution in [3.63, 3.8) is 0 Å². The molecule has 0 unspecified atom stereocenters. The van der Waals surface area contributed by atoms with Crippen molar-refractivity contribution in [3.05, 3.63) is 48.2 Å². The summed E-state index contributed by atoms with van der Waals surface area (Å²) >= 11 is 0. The molecule has 2 saturated heterocycles. The van der Waals surface area contributed by atoms with Gasteiger partial charge in [-0.3, -0.25) is 4.79 Å². The number of morpholine rings is 1. The molecule has 29 heavy (non-hydrogen) atoms. The number of ether oxygens (including phenoxy) is 3. The van der Waals surface area contributed by atoms with E-state index in [1.807, 2.05) is 30.3 Å². The Bertz CT molecular complexity index is 817. The fourth-order valence-corrected chi connectivity index (χ4v) is 3.54. The van der Waals surface area contributed by atoms with Gasteiger partial charge in [0.15, 0.2) is 0 Å². The lowest BCUT2D eigenvalue weighted by molar-refractivity contribution is -0.0109. The van der Waals surface area contributed by atoms with Crippen LogP contribution in [0.2, 0.25) is 0 Å². The third-order valence-corrected chi connectivity index (χ3v) is 5.18. The number of hydrogen-bond acceptors (Lipinski definition) is 6. The number of aromatic nitrogens is 1. The molecule has 2 fully saturated rings. The van der Waals surface area contributed by atoms with Crippen LogP contribution in [0.3, 0.4) is 0 Å². The number of anilines is 2. The van der Waals surface area contributed by atoms with E-state index in [0.29, 0.717) is 36.8 Å². The SMILES string of the molecule is O=C(Nc1ccccc1OC[C@H]1CCCCO1)c1ccnc(N2CCOCC2)c1. The standard InChI is InChI=1S/C22H27N3O4/c26-22(17-8-9-23-21(15-17)25-10-13-27-14-11-25)24-19-6-1-2-7-20(19)29-16-18-5-3-4-12-28-18/h1-2,6-9,15,18H,3-5,10-14,16H2,(H,24,26)/t18-/m1/s1. The van der Waals surface area contributed by atoms with Crippen molar-refractivity contribution in [2.24, 2.45) is 0 Å². The molecule has 1 amide bonds. The maximum absolute atomic E-state index is 12.8. The Kier molecular flexibility index (Phi) is 6.59. The number of pyridine rings is 1. The zero-order chi connectivity index (χ0) is 19.9. The predicted octanol–water partition coefficient (Wildman–Crippen LogP) is 3.12. The van der Waals surface area contributed by atoms with Gasteiger partial charge in [0, 0.05) is 31.5 Å². The van der Waals surface area contributed by atoms with Crippen molar-refractivity contribution in [2.45, 2.75) is 25.4 Å². The average molecular weight is 397 g/mol. The molecular formula is C22H27N3O4. The molecule has 1 atom stereocenters. The Balaban J connectivity index is 1.41. The highest BCUT2D eigenvalue weighted by Crippen LogP contribution is 2.26. The van der Waals surface area contributed by atoms with Gasteiger partial charge in [-0.25, -0.2) is 4.98 Å². The van der Waals surface area contributed by atoms with E-state index < -0.39 is 0 Å². The van der Waals surface area contributed by atoms with Gasteiger partial charge in [0.2, 0.25) is 0 Å². The lowest BCUT2D eigenvalue weighted by Crippen LogP contribution is -2.36. The Morgan fingerprint density at radius 1 is 1.17 bits per heavy atom. The van der Waals surface area contributed by atoms with E-state index in [0.717, 1.165) is 38.4 Å². The number of carbonyl (C=O) groups is 1. The van der Waals surface area contributed by atoms with Crippen molar-refractivity contribution >= 4 is 17.4 Å². The largest absolute Gasteiger partial charge is 0.489 e. The Morgan fingerprint density at radius 3 is 2.86 bits per heavy atom. The van der Waals surface area contributed by atoms with Crippen molar-refractivity contribution < 1.29 is 19.0 Å². The summed E-state index contributed by atoms with van der Waals surface area (Å²) < 4.78 is 17.1. The third-order valence-electron chi connectivity index (χ3n) is 5.18. The van der Waals surface area contributed by atoms with Crippen LogP contribution in [-0.4, -0.2) is 56.5 Å². The molecule has 154 valence electrons. The van der Waals surface area contributed by atoms with Crippen molar-refractivity contribution in [1.29, 1.82) is 0 Å². The summed E-state index contributed by atoms with van der Waals surface area (Å²) in [6.07, 6.45) is 5.07. The number of benzene rings is 1. The first-order valence-corrected chi connectivity index (χ1v) is 10.2. The van der Waals surface area contributed by atoms with Crippen LogP contribution in [0, 0.1) is 0 Å². The average Bonchev–Trinajstić information content (AvgIpc) is 2.80. The highest BCUT2D eigenvalue weighted by Gasteiger charge is 2.17. The number of rotatable bonds is 6. The summed E-state index contributed by atoms with van der Waals surface area (Å²) in [6.45, 7) is 4.18. The van der Waals surface area contributed by atoms with Gasteiger partial charge in [-0.2, -0.15) is 0 Å². The second kappa shape index (κ2) is 9.71. The van der Waals surface area contributed by atoms with E-state index in [-0.39, 0.29) is 12.0 Å². The molecule has 2 aliphatic heterocycles. The van der Waals surface area contributed by atoms with Crippen LogP contribution in [0.15, 0.2) is 42.6 Å². The van der Waals surface area contributed by atoms with E-state index >= 15 is 0 Å². The smallest absolute Gasteiger partial charge is 0.255 e. The second-order valence-electron chi connectivity index (χ2n) is 7.25. The van der Waals surface area contributed by atoms with Gasteiger partial charge in [0.05, 0.1) is 25.0 Å². The van der Waals surface area contributed by atoms with Crippen LogP contribution in [0.5, 0.6) is 5.75 Å². The second-order valence-corrected chi connectivity index (χ2v) is 7.25. The van der Waals surface area contributed by atoms with Crippen LogP contribution in [0.4, 0.5) is 11.5 Å². The highest BCUT2D eigenvalue weighted by molar-refractivity contribution is 6.05. The van der Waals surface area contributed by atoms with Crippen molar-refractivity contribution in [2.75, 3.05) is 49.7 Å². The monoisotopic (exact) mass is 397 g/mol. The molecule has 7 heteroatoms. The van der Waals surface area contributed by atoms with Gasteiger partial charge in [-0.05, 0) is 43.5 Å². The molecule has 0 bridgehead atoms. The summed E-state index contributed by atoms with van der Waals surface area (Å²) in [6, 6.07) is 11.0. The van der Waals surface area contributed by atoms with E-state index in [1.54, 1.807) is 12.3 Å². The van der Waals surface area contributed by atoms with Gasteiger partial charge in [-0.1, -0.05) is 12.1 Å². The molecule has 3 heterocycles. The minimum Gasteiger partial charge on any atom is -0.489 e. The number of hydrogen-bond donors (Lipinski definition) is 1. The Hall–Kier alpha value is -2.64. The molecule has 0 radical (unpaired) electrons. The first-order chi connectivity index (χ1) is 14.3. The summed E-state index contributed by atoms with van der Waals surface area (Å²) in [7, 11) is 0. The van der Waals surface area contributed by atoms with Crippen LogP contribution in [0.1, 0.15) is 29.6 Å². The zero-order valence-corrected chi connectivity index (χ0v) is 16.5. The fraction of sp³-hybridized carbons (Fsp3) is 0.455. The normalized spacial score (nSPS) is 19.6.